The Bertz CT molecular complexity index is 567. The van der Waals surface area contributed by atoms with Gasteiger partial charge >= 0.3 is 0 Å². The van der Waals surface area contributed by atoms with Crippen LogP contribution in [0.4, 0.5) is 4.39 Å². The zero-order valence-electron chi connectivity index (χ0n) is 12.1. The number of nitrogens with one attached hydrogen (secondary N) is 1. The minimum absolute atomic E-state index is 0.0884. The van der Waals surface area contributed by atoms with E-state index in [-0.39, 0.29) is 11.9 Å². The zero-order valence-corrected chi connectivity index (χ0v) is 12.9. The van der Waals surface area contributed by atoms with E-state index in [9.17, 15) is 4.39 Å². The number of thiophene rings is 1. The zero-order chi connectivity index (χ0) is 14.5. The summed E-state index contributed by atoms with van der Waals surface area (Å²) >= 11 is 1.79. The lowest BCUT2D eigenvalue weighted by molar-refractivity contribution is 0.393. The van der Waals surface area contributed by atoms with Gasteiger partial charge in [0.05, 0.1) is 7.11 Å². The average molecular weight is 293 g/mol. The smallest absolute Gasteiger partial charge is 0.131 e. The van der Waals surface area contributed by atoms with Crippen LogP contribution in [0.15, 0.2) is 30.3 Å². The van der Waals surface area contributed by atoms with Gasteiger partial charge in [-0.2, -0.15) is 0 Å². The van der Waals surface area contributed by atoms with E-state index in [0.717, 1.165) is 12.8 Å². The fraction of sp³-hybridized carbons (Fsp3) is 0.375. The minimum Gasteiger partial charge on any atom is -0.496 e. The number of hydrogen-bond donors (Lipinski definition) is 1. The van der Waals surface area contributed by atoms with Crippen molar-refractivity contribution in [2.45, 2.75) is 25.8 Å². The van der Waals surface area contributed by atoms with Crippen molar-refractivity contribution in [3.05, 3.63) is 51.5 Å². The molecule has 0 spiro atoms. The van der Waals surface area contributed by atoms with Crippen LogP contribution in [0.5, 0.6) is 5.75 Å². The van der Waals surface area contributed by atoms with Crippen LogP contribution in [0.1, 0.15) is 28.3 Å². The lowest BCUT2D eigenvalue weighted by Crippen LogP contribution is -2.20. The second-order valence-electron chi connectivity index (χ2n) is 4.62. The van der Waals surface area contributed by atoms with E-state index in [2.05, 4.69) is 24.4 Å². The number of aryl methyl sites for hydroxylation is 1. The Morgan fingerprint density at radius 1 is 1.25 bits per heavy atom. The molecule has 20 heavy (non-hydrogen) atoms. The summed E-state index contributed by atoms with van der Waals surface area (Å²) in [5.74, 6) is 0.368. The highest BCUT2D eigenvalue weighted by atomic mass is 32.1. The molecule has 1 heterocycles. The maximum atomic E-state index is 14.1. The largest absolute Gasteiger partial charge is 0.496 e. The Kier molecular flexibility index (Phi) is 5.15. The highest BCUT2D eigenvalue weighted by molar-refractivity contribution is 7.11. The molecule has 0 aliphatic rings. The summed E-state index contributed by atoms with van der Waals surface area (Å²) in [6, 6.07) is 9.13. The van der Waals surface area contributed by atoms with Gasteiger partial charge in [-0.15, -0.1) is 11.3 Å². The molecular weight excluding hydrogens is 273 g/mol. The summed E-state index contributed by atoms with van der Waals surface area (Å²) < 4.78 is 19.4. The van der Waals surface area contributed by atoms with Gasteiger partial charge < -0.3 is 10.1 Å². The van der Waals surface area contributed by atoms with Gasteiger partial charge in [0.2, 0.25) is 0 Å². The molecule has 0 saturated heterocycles. The number of rotatable bonds is 6. The van der Waals surface area contributed by atoms with E-state index in [1.54, 1.807) is 30.6 Å². The lowest BCUT2D eigenvalue weighted by Gasteiger charge is -2.19. The van der Waals surface area contributed by atoms with Crippen LogP contribution in [-0.2, 0) is 12.8 Å². The Balaban J connectivity index is 2.28. The lowest BCUT2D eigenvalue weighted by atomic mass is 10.0. The van der Waals surface area contributed by atoms with Crippen LogP contribution in [0, 0.1) is 5.82 Å². The van der Waals surface area contributed by atoms with Crippen molar-refractivity contribution in [3.8, 4) is 5.75 Å². The van der Waals surface area contributed by atoms with Crippen molar-refractivity contribution >= 4 is 11.3 Å². The predicted octanol–water partition coefficient (Wildman–Crippen LogP) is 3.96. The number of ether oxygens (including phenoxy) is 1. The van der Waals surface area contributed by atoms with Crippen LogP contribution >= 0.6 is 11.3 Å². The van der Waals surface area contributed by atoms with Crippen molar-refractivity contribution < 1.29 is 9.13 Å². The van der Waals surface area contributed by atoms with Crippen LogP contribution in [0.2, 0.25) is 0 Å². The second kappa shape index (κ2) is 6.86. The average Bonchev–Trinajstić information content (AvgIpc) is 2.92. The summed E-state index contributed by atoms with van der Waals surface area (Å²) in [5.41, 5.74) is 0.601. The topological polar surface area (TPSA) is 21.3 Å². The number of hydrogen-bond acceptors (Lipinski definition) is 3. The molecule has 1 aromatic carbocycles. The van der Waals surface area contributed by atoms with E-state index < -0.39 is 0 Å². The number of likely N-dealkylation sites (N-methyl/N-ethyl adjacent to an activating group) is 1. The maximum absolute atomic E-state index is 14.1. The molecule has 1 atom stereocenters. The van der Waals surface area contributed by atoms with Crippen molar-refractivity contribution in [3.63, 3.8) is 0 Å². The molecule has 0 aliphatic heterocycles. The standard InChI is InChI=1S/C16H20FNOS/c1-4-11-8-9-12(20-11)10-14(18-2)16-13(17)6-5-7-15(16)19-3/h5-9,14,18H,4,10H2,1-3H3. The normalized spacial score (nSPS) is 12.4. The highest BCUT2D eigenvalue weighted by Crippen LogP contribution is 2.31. The molecule has 2 aromatic rings. The minimum atomic E-state index is -0.226. The summed E-state index contributed by atoms with van der Waals surface area (Å²) in [6.07, 6.45) is 1.80. The van der Waals surface area contributed by atoms with Crippen LogP contribution in [0.25, 0.3) is 0 Å². The highest BCUT2D eigenvalue weighted by Gasteiger charge is 2.20. The van der Waals surface area contributed by atoms with Crippen molar-refractivity contribution in [2.24, 2.45) is 0 Å². The Morgan fingerprint density at radius 2 is 2.00 bits per heavy atom. The second-order valence-corrected chi connectivity index (χ2v) is 5.88. The third-order valence-electron chi connectivity index (χ3n) is 3.40. The number of benzene rings is 1. The monoisotopic (exact) mass is 293 g/mol. The van der Waals surface area contributed by atoms with E-state index in [0.29, 0.717) is 11.3 Å². The molecule has 4 heteroatoms. The Hall–Kier alpha value is -1.39. The Labute approximate surface area is 123 Å². The first-order valence-electron chi connectivity index (χ1n) is 6.76. The fourth-order valence-electron chi connectivity index (χ4n) is 2.31. The first-order valence-corrected chi connectivity index (χ1v) is 7.58. The third kappa shape index (κ3) is 3.19. The van der Waals surface area contributed by atoms with Crippen LogP contribution in [0.3, 0.4) is 0 Å². The molecule has 0 fully saturated rings. The number of methoxy groups -OCH3 is 1. The van der Waals surface area contributed by atoms with Gasteiger partial charge in [-0.3, -0.25) is 0 Å². The molecule has 0 saturated carbocycles. The molecule has 0 amide bonds. The summed E-state index contributed by atoms with van der Waals surface area (Å²) in [7, 11) is 3.43. The Morgan fingerprint density at radius 3 is 2.60 bits per heavy atom. The van der Waals surface area contributed by atoms with Gasteiger partial charge in [-0.05, 0) is 37.7 Å². The van der Waals surface area contributed by atoms with Gasteiger partial charge in [-0.25, -0.2) is 4.39 Å². The molecule has 0 bridgehead atoms. The third-order valence-corrected chi connectivity index (χ3v) is 4.65. The molecule has 2 rings (SSSR count). The quantitative estimate of drug-likeness (QED) is 0.870. The van der Waals surface area contributed by atoms with Gasteiger partial charge in [0, 0.05) is 27.8 Å². The molecule has 1 unspecified atom stereocenters. The molecule has 1 N–H and O–H groups in total. The van der Waals surface area contributed by atoms with E-state index >= 15 is 0 Å². The first-order chi connectivity index (χ1) is 9.69. The fourth-order valence-corrected chi connectivity index (χ4v) is 3.31. The molecular formula is C16H20FNOS. The van der Waals surface area contributed by atoms with Gasteiger partial charge in [0.25, 0.3) is 0 Å². The van der Waals surface area contributed by atoms with Crippen molar-refractivity contribution in [1.82, 2.24) is 5.32 Å². The summed E-state index contributed by atoms with van der Waals surface area (Å²) in [4.78, 5) is 2.61. The van der Waals surface area contributed by atoms with Gasteiger partial charge in [-0.1, -0.05) is 13.0 Å². The summed E-state index contributed by atoms with van der Waals surface area (Å²) in [5, 5.41) is 3.20. The van der Waals surface area contributed by atoms with Crippen LogP contribution in [-0.4, -0.2) is 14.2 Å². The molecule has 108 valence electrons. The van der Waals surface area contributed by atoms with E-state index in [1.165, 1.54) is 15.8 Å². The van der Waals surface area contributed by atoms with Crippen LogP contribution < -0.4 is 10.1 Å². The SMILES string of the molecule is CCc1ccc(CC(NC)c2c(F)cccc2OC)s1. The maximum Gasteiger partial charge on any atom is 0.131 e. The van der Waals surface area contributed by atoms with E-state index in [4.69, 9.17) is 4.74 Å². The van der Waals surface area contributed by atoms with Crippen molar-refractivity contribution in [1.29, 1.82) is 0 Å². The summed E-state index contributed by atoms with van der Waals surface area (Å²) in [6.45, 7) is 2.14. The molecule has 1 aromatic heterocycles. The van der Waals surface area contributed by atoms with Crippen molar-refractivity contribution in [2.75, 3.05) is 14.2 Å². The molecule has 0 radical (unpaired) electrons. The molecule has 0 aliphatic carbocycles. The van der Waals surface area contributed by atoms with Gasteiger partial charge in [0.15, 0.2) is 0 Å². The number of halogens is 1. The predicted molar refractivity (Wildman–Crippen MR) is 82.2 cm³/mol. The van der Waals surface area contributed by atoms with Gasteiger partial charge in [0.1, 0.15) is 11.6 Å². The van der Waals surface area contributed by atoms with E-state index in [1.807, 2.05) is 7.05 Å². The molecule has 2 nitrogen and oxygen atoms in total. The first kappa shape index (κ1) is 15.0.